The fourth-order valence-corrected chi connectivity index (χ4v) is 5.02. The number of thioether (sulfide) groups is 1. The van der Waals surface area contributed by atoms with Crippen molar-refractivity contribution in [2.75, 3.05) is 29.5 Å². The summed E-state index contributed by atoms with van der Waals surface area (Å²) < 4.78 is 5.37. The van der Waals surface area contributed by atoms with Crippen molar-refractivity contribution >= 4 is 40.3 Å². The van der Waals surface area contributed by atoms with Gasteiger partial charge in [-0.3, -0.25) is 0 Å². The number of carbonyl (C=O) groups excluding carboxylic acids is 2. The Labute approximate surface area is 198 Å². The van der Waals surface area contributed by atoms with Crippen LogP contribution in [0.1, 0.15) is 37.4 Å². The molecular weight excluding hydrogens is 436 g/mol. The number of amidine groups is 1. The fourth-order valence-electron chi connectivity index (χ4n) is 4.00. The molecule has 0 radical (unpaired) electrons. The molecule has 1 atom stereocenters. The number of rotatable bonds is 5. The number of allylic oxidation sites excluding steroid dienone is 1. The second-order valence-corrected chi connectivity index (χ2v) is 9.04. The van der Waals surface area contributed by atoms with E-state index < -0.39 is 0 Å². The van der Waals surface area contributed by atoms with E-state index in [1.165, 1.54) is 0 Å². The van der Waals surface area contributed by atoms with Crippen molar-refractivity contribution in [1.29, 1.82) is 0 Å². The van der Waals surface area contributed by atoms with Crippen molar-refractivity contribution in [2.24, 2.45) is 4.99 Å². The molecule has 0 aromatic heterocycles. The molecule has 0 aliphatic carbocycles. The van der Waals surface area contributed by atoms with Crippen molar-refractivity contribution in [3.63, 3.8) is 0 Å². The van der Waals surface area contributed by atoms with Gasteiger partial charge in [-0.1, -0.05) is 41.6 Å². The molecule has 0 spiro atoms. The highest BCUT2D eigenvalue weighted by Gasteiger charge is 2.37. The fraction of sp³-hybridized carbons (Fsp3) is 0.320. The molecule has 2 N–H and O–H groups in total. The standard InChI is InChI=1S/C25H28N4O3S/c1-4-32-23(30)21-17(3)26-25-29(13-6-14-33-25)22(21)18-7-5-8-20(15-18)28-24(31)27-19-11-9-16(2)10-12-19/h5,7-12,15,22H,4,6,13-14H2,1-3H3,(H2,27,28,31). The monoisotopic (exact) mass is 464 g/mol. The molecule has 2 aromatic carbocycles. The molecule has 0 saturated carbocycles. The van der Waals surface area contributed by atoms with E-state index in [-0.39, 0.29) is 18.0 Å². The van der Waals surface area contributed by atoms with Crippen LogP contribution in [-0.4, -0.2) is 41.0 Å². The number of carbonyl (C=O) groups is 2. The molecule has 2 amide bonds. The zero-order valence-corrected chi connectivity index (χ0v) is 19.9. The van der Waals surface area contributed by atoms with E-state index in [2.05, 4.69) is 15.5 Å². The number of urea groups is 1. The Morgan fingerprint density at radius 2 is 1.88 bits per heavy atom. The summed E-state index contributed by atoms with van der Waals surface area (Å²) in [5.41, 5.74) is 4.61. The van der Waals surface area contributed by atoms with Gasteiger partial charge in [-0.2, -0.15) is 0 Å². The second kappa shape index (κ2) is 10.1. The number of aliphatic imine (C=N–C) groups is 1. The van der Waals surface area contributed by atoms with Gasteiger partial charge in [-0.15, -0.1) is 0 Å². The highest BCUT2D eigenvalue weighted by atomic mass is 32.2. The zero-order chi connectivity index (χ0) is 23.4. The minimum atomic E-state index is -0.353. The first-order chi connectivity index (χ1) is 16.0. The van der Waals surface area contributed by atoms with Crippen LogP contribution in [-0.2, 0) is 9.53 Å². The first-order valence-corrected chi connectivity index (χ1v) is 12.1. The third-order valence-corrected chi connectivity index (χ3v) is 6.60. The third-order valence-electron chi connectivity index (χ3n) is 5.52. The molecule has 2 heterocycles. The Balaban J connectivity index is 1.60. The number of aryl methyl sites for hydroxylation is 1. The van der Waals surface area contributed by atoms with E-state index in [0.717, 1.165) is 40.7 Å². The van der Waals surface area contributed by atoms with Crippen molar-refractivity contribution in [2.45, 2.75) is 33.2 Å². The number of amides is 2. The van der Waals surface area contributed by atoms with E-state index in [4.69, 9.17) is 9.73 Å². The van der Waals surface area contributed by atoms with Crippen LogP contribution in [0.2, 0.25) is 0 Å². The van der Waals surface area contributed by atoms with Crippen LogP contribution in [0.4, 0.5) is 16.2 Å². The van der Waals surface area contributed by atoms with Crippen LogP contribution in [0.3, 0.4) is 0 Å². The molecule has 2 aliphatic heterocycles. The Hall–Kier alpha value is -3.26. The molecule has 1 fully saturated rings. The van der Waals surface area contributed by atoms with Gasteiger partial charge in [-0.05, 0) is 57.0 Å². The molecular formula is C25H28N4O3S. The number of nitrogens with one attached hydrogen (secondary N) is 2. The Bertz CT molecular complexity index is 1110. The zero-order valence-electron chi connectivity index (χ0n) is 19.1. The summed E-state index contributed by atoms with van der Waals surface area (Å²) in [7, 11) is 0. The van der Waals surface area contributed by atoms with Crippen LogP contribution in [0, 0.1) is 6.92 Å². The number of nitrogens with zero attached hydrogens (tertiary/aromatic N) is 2. The Morgan fingerprint density at radius 3 is 2.64 bits per heavy atom. The van der Waals surface area contributed by atoms with Crippen molar-refractivity contribution in [3.8, 4) is 0 Å². The highest BCUT2D eigenvalue weighted by molar-refractivity contribution is 8.13. The van der Waals surface area contributed by atoms with Gasteiger partial charge >= 0.3 is 12.0 Å². The lowest BCUT2D eigenvalue weighted by atomic mass is 9.94. The van der Waals surface area contributed by atoms with E-state index >= 15 is 0 Å². The summed E-state index contributed by atoms with van der Waals surface area (Å²) in [5.74, 6) is 0.652. The van der Waals surface area contributed by atoms with Gasteiger partial charge in [0.05, 0.1) is 23.9 Å². The predicted octanol–water partition coefficient (Wildman–Crippen LogP) is 5.33. The summed E-state index contributed by atoms with van der Waals surface area (Å²) in [4.78, 5) is 32.3. The number of ether oxygens (including phenoxy) is 1. The summed E-state index contributed by atoms with van der Waals surface area (Å²) in [6, 6.07) is 14.6. The van der Waals surface area contributed by atoms with Crippen LogP contribution in [0.15, 0.2) is 64.8 Å². The van der Waals surface area contributed by atoms with Gasteiger partial charge in [0.25, 0.3) is 0 Å². The van der Waals surface area contributed by atoms with E-state index in [0.29, 0.717) is 23.6 Å². The van der Waals surface area contributed by atoms with Crippen LogP contribution in [0.5, 0.6) is 0 Å². The predicted molar refractivity (Wildman–Crippen MR) is 134 cm³/mol. The smallest absolute Gasteiger partial charge is 0.338 e. The maximum atomic E-state index is 12.9. The lowest BCUT2D eigenvalue weighted by Gasteiger charge is -2.40. The van der Waals surface area contributed by atoms with E-state index in [1.807, 2.05) is 62.4 Å². The maximum Gasteiger partial charge on any atom is 0.338 e. The summed E-state index contributed by atoms with van der Waals surface area (Å²) >= 11 is 1.70. The van der Waals surface area contributed by atoms with Crippen LogP contribution in [0.25, 0.3) is 0 Å². The van der Waals surface area contributed by atoms with Gasteiger partial charge < -0.3 is 20.3 Å². The number of fused-ring (bicyclic) bond motifs is 1. The van der Waals surface area contributed by atoms with Crippen molar-refractivity contribution < 1.29 is 14.3 Å². The maximum absolute atomic E-state index is 12.9. The minimum Gasteiger partial charge on any atom is -0.463 e. The average molecular weight is 465 g/mol. The molecule has 1 unspecified atom stereocenters. The van der Waals surface area contributed by atoms with Crippen LogP contribution < -0.4 is 10.6 Å². The number of esters is 1. The molecule has 8 heteroatoms. The molecule has 33 heavy (non-hydrogen) atoms. The highest BCUT2D eigenvalue weighted by Crippen LogP contribution is 2.40. The quantitative estimate of drug-likeness (QED) is 0.585. The first kappa shape index (κ1) is 22.9. The minimum absolute atomic E-state index is 0.300. The van der Waals surface area contributed by atoms with E-state index in [9.17, 15) is 9.59 Å². The average Bonchev–Trinajstić information content (AvgIpc) is 2.80. The normalized spacial score (nSPS) is 17.7. The molecule has 1 saturated heterocycles. The summed E-state index contributed by atoms with van der Waals surface area (Å²) in [6.45, 7) is 6.76. The molecule has 4 rings (SSSR count). The lowest BCUT2D eigenvalue weighted by Crippen LogP contribution is -2.42. The van der Waals surface area contributed by atoms with Gasteiger partial charge in [0.1, 0.15) is 0 Å². The SMILES string of the molecule is CCOC(=O)C1=C(C)N=C2SCCCN2C1c1cccc(NC(=O)Nc2ccc(C)cc2)c1. The molecule has 2 aromatic rings. The largest absolute Gasteiger partial charge is 0.463 e. The third kappa shape index (κ3) is 5.22. The van der Waals surface area contributed by atoms with Gasteiger partial charge in [0.2, 0.25) is 0 Å². The first-order valence-electron chi connectivity index (χ1n) is 11.1. The number of hydrogen-bond donors (Lipinski definition) is 2. The lowest BCUT2D eigenvalue weighted by molar-refractivity contribution is -0.139. The van der Waals surface area contributed by atoms with Gasteiger partial charge in [0, 0.05) is 23.7 Å². The van der Waals surface area contributed by atoms with Crippen molar-refractivity contribution in [1.82, 2.24) is 4.90 Å². The number of anilines is 2. The molecule has 2 aliphatic rings. The molecule has 172 valence electrons. The number of hydrogen-bond acceptors (Lipinski definition) is 6. The topological polar surface area (TPSA) is 83.0 Å². The summed E-state index contributed by atoms with van der Waals surface area (Å²) in [5, 5.41) is 6.67. The van der Waals surface area contributed by atoms with Crippen molar-refractivity contribution in [3.05, 3.63) is 70.9 Å². The molecule has 7 nitrogen and oxygen atoms in total. The summed E-state index contributed by atoms with van der Waals surface area (Å²) in [6.07, 6.45) is 1.01. The van der Waals surface area contributed by atoms with Gasteiger partial charge in [-0.25, -0.2) is 14.6 Å². The Morgan fingerprint density at radius 1 is 1.12 bits per heavy atom. The second-order valence-electron chi connectivity index (χ2n) is 7.98. The molecule has 0 bridgehead atoms. The van der Waals surface area contributed by atoms with Crippen LogP contribution >= 0.6 is 11.8 Å². The van der Waals surface area contributed by atoms with Gasteiger partial charge in [0.15, 0.2) is 5.17 Å². The number of benzene rings is 2. The Kier molecular flexibility index (Phi) is 7.03. The van der Waals surface area contributed by atoms with E-state index in [1.54, 1.807) is 18.7 Å².